The van der Waals surface area contributed by atoms with E-state index in [0.717, 1.165) is 0 Å². The van der Waals surface area contributed by atoms with E-state index in [1.54, 1.807) is 7.11 Å². The number of hydrogen-bond acceptors (Lipinski definition) is 8. The summed E-state index contributed by atoms with van der Waals surface area (Å²) in [5, 5.41) is 2.25. The lowest BCUT2D eigenvalue weighted by Crippen LogP contribution is -2.20. The van der Waals surface area contributed by atoms with Crippen LogP contribution in [-0.4, -0.2) is 86.3 Å². The highest BCUT2D eigenvalue weighted by molar-refractivity contribution is 5.65. The minimum Gasteiger partial charge on any atom is -0.382 e. The summed E-state index contributed by atoms with van der Waals surface area (Å²) in [5.74, 6) is 0. The Hall–Kier alpha value is -0.970. The predicted octanol–water partition coefficient (Wildman–Crippen LogP) is -0.0132. The first-order valence-corrected chi connectivity index (χ1v) is 7.12. The Balaban J connectivity index is 2.98. The lowest BCUT2D eigenvalue weighted by Gasteiger charge is -2.07. The third-order valence-electron chi connectivity index (χ3n) is 2.20. The van der Waals surface area contributed by atoms with Crippen molar-refractivity contribution in [2.45, 2.75) is 0 Å². The zero-order valence-electron chi connectivity index (χ0n) is 13.3. The summed E-state index contributed by atoms with van der Waals surface area (Å²) in [7, 11) is 3.07. The van der Waals surface area contributed by atoms with Gasteiger partial charge in [-0.15, -0.1) is 0 Å². The van der Waals surface area contributed by atoms with Crippen molar-refractivity contribution >= 4 is 6.09 Å². The molecule has 9 heteroatoms. The predicted molar refractivity (Wildman–Crippen MR) is 76.6 cm³/mol. The molecule has 0 aliphatic heterocycles. The van der Waals surface area contributed by atoms with Crippen LogP contribution in [0.5, 0.6) is 0 Å². The van der Waals surface area contributed by atoms with Gasteiger partial charge in [0.05, 0.1) is 59.5 Å². The average Bonchev–Trinajstić information content (AvgIpc) is 2.54. The van der Waals surface area contributed by atoms with Gasteiger partial charge in [0.1, 0.15) is 6.61 Å². The van der Waals surface area contributed by atoms with E-state index >= 15 is 0 Å². The van der Waals surface area contributed by atoms with Gasteiger partial charge in [-0.2, -0.15) is 4.89 Å². The van der Waals surface area contributed by atoms with Gasteiger partial charge >= 0.3 is 6.09 Å². The van der Waals surface area contributed by atoms with Gasteiger partial charge in [-0.1, -0.05) is 0 Å². The maximum atomic E-state index is 10.6. The monoisotopic (exact) mass is 325 g/mol. The zero-order valence-corrected chi connectivity index (χ0v) is 13.3. The van der Waals surface area contributed by atoms with Gasteiger partial charge in [-0.05, 0) is 0 Å². The minimum atomic E-state index is -0.646. The van der Waals surface area contributed by atoms with Gasteiger partial charge in [-0.3, -0.25) is 4.89 Å². The van der Waals surface area contributed by atoms with Crippen molar-refractivity contribution in [3.8, 4) is 0 Å². The Labute approximate surface area is 131 Å². The molecule has 0 unspecified atom stereocenters. The molecule has 0 aliphatic rings. The summed E-state index contributed by atoms with van der Waals surface area (Å²) in [6.07, 6.45) is -0.646. The molecule has 0 radical (unpaired) electrons. The molecule has 0 heterocycles. The van der Waals surface area contributed by atoms with E-state index in [-0.39, 0.29) is 6.61 Å². The average molecular weight is 325 g/mol. The summed E-state index contributed by atoms with van der Waals surface area (Å²) >= 11 is 0. The first kappa shape index (κ1) is 21.0. The van der Waals surface area contributed by atoms with Crippen LogP contribution < -0.4 is 5.32 Å². The van der Waals surface area contributed by atoms with E-state index in [1.165, 1.54) is 7.05 Å². The largest absolute Gasteiger partial charge is 0.438 e. The van der Waals surface area contributed by atoms with Crippen molar-refractivity contribution in [3.63, 3.8) is 0 Å². The van der Waals surface area contributed by atoms with Crippen LogP contribution in [0.1, 0.15) is 0 Å². The maximum Gasteiger partial charge on any atom is 0.438 e. The molecule has 0 spiro atoms. The molecule has 22 heavy (non-hydrogen) atoms. The molecule has 0 saturated heterocycles. The maximum absolute atomic E-state index is 10.6. The van der Waals surface area contributed by atoms with Crippen LogP contribution in [0.3, 0.4) is 0 Å². The molecule has 0 aliphatic carbocycles. The van der Waals surface area contributed by atoms with E-state index in [0.29, 0.717) is 59.5 Å². The Morgan fingerprint density at radius 2 is 1.14 bits per heavy atom. The molecule has 0 aromatic rings. The van der Waals surface area contributed by atoms with Crippen molar-refractivity contribution < 1.29 is 38.3 Å². The second-order valence-electron chi connectivity index (χ2n) is 3.89. The minimum absolute atomic E-state index is 0.166. The Morgan fingerprint density at radius 1 is 0.727 bits per heavy atom. The summed E-state index contributed by atoms with van der Waals surface area (Å²) in [6.45, 7) is 4.63. The van der Waals surface area contributed by atoms with Crippen molar-refractivity contribution in [1.29, 1.82) is 0 Å². The van der Waals surface area contributed by atoms with E-state index in [4.69, 9.17) is 23.7 Å². The molecule has 0 rings (SSSR count). The smallest absolute Gasteiger partial charge is 0.382 e. The SMILES string of the molecule is CNC(=O)OOCCOCCOCCOCCOCCOC. The van der Waals surface area contributed by atoms with E-state index in [9.17, 15) is 4.79 Å². The molecule has 0 aromatic heterocycles. The Kier molecular flexibility index (Phi) is 17.3. The van der Waals surface area contributed by atoms with Crippen LogP contribution in [0, 0.1) is 0 Å². The molecular formula is C13H27NO8. The fourth-order valence-corrected chi connectivity index (χ4v) is 1.13. The molecule has 0 atom stereocenters. The standard InChI is InChI=1S/C13H27NO8/c1-14-13(15)22-21-12-11-20-10-9-19-8-7-18-6-5-17-4-3-16-2/h3-12H2,1-2H3,(H,14,15). The van der Waals surface area contributed by atoms with E-state index < -0.39 is 6.09 Å². The lowest BCUT2D eigenvalue weighted by molar-refractivity contribution is -0.245. The fourth-order valence-electron chi connectivity index (χ4n) is 1.13. The quantitative estimate of drug-likeness (QED) is 0.240. The summed E-state index contributed by atoms with van der Waals surface area (Å²) in [5.41, 5.74) is 0. The normalized spacial score (nSPS) is 10.6. The van der Waals surface area contributed by atoms with Gasteiger partial charge in [0, 0.05) is 14.2 Å². The van der Waals surface area contributed by atoms with E-state index in [1.807, 2.05) is 0 Å². The number of ether oxygens (including phenoxy) is 5. The molecule has 0 aromatic carbocycles. The van der Waals surface area contributed by atoms with Gasteiger partial charge < -0.3 is 29.0 Å². The van der Waals surface area contributed by atoms with Crippen LogP contribution in [-0.2, 0) is 33.5 Å². The van der Waals surface area contributed by atoms with Crippen LogP contribution in [0.4, 0.5) is 4.79 Å². The molecule has 0 saturated carbocycles. The van der Waals surface area contributed by atoms with Gasteiger partial charge in [0.15, 0.2) is 0 Å². The van der Waals surface area contributed by atoms with Crippen LogP contribution in [0.2, 0.25) is 0 Å². The summed E-state index contributed by atoms with van der Waals surface area (Å²) in [4.78, 5) is 19.5. The van der Waals surface area contributed by atoms with E-state index in [2.05, 4.69) is 15.1 Å². The number of carbonyl (C=O) groups excluding carboxylic acids is 1. The number of rotatable bonds is 16. The molecule has 132 valence electrons. The second kappa shape index (κ2) is 18.1. The zero-order chi connectivity index (χ0) is 16.3. The van der Waals surface area contributed by atoms with Gasteiger partial charge in [0.25, 0.3) is 0 Å². The van der Waals surface area contributed by atoms with Gasteiger partial charge in [0.2, 0.25) is 0 Å². The second-order valence-corrected chi connectivity index (χ2v) is 3.89. The highest BCUT2D eigenvalue weighted by atomic mass is 17.2. The number of hydrogen-bond donors (Lipinski definition) is 1. The molecule has 1 N–H and O–H groups in total. The molecular weight excluding hydrogens is 298 g/mol. The lowest BCUT2D eigenvalue weighted by atomic mass is 10.7. The first-order chi connectivity index (χ1) is 10.8. The third-order valence-corrected chi connectivity index (χ3v) is 2.20. The first-order valence-electron chi connectivity index (χ1n) is 7.12. The van der Waals surface area contributed by atoms with Crippen LogP contribution in [0.25, 0.3) is 0 Å². The van der Waals surface area contributed by atoms with Crippen LogP contribution >= 0.6 is 0 Å². The Bertz CT molecular complexity index is 242. The highest BCUT2D eigenvalue weighted by Gasteiger charge is 1.98. The molecule has 1 amide bonds. The van der Waals surface area contributed by atoms with Gasteiger partial charge in [-0.25, -0.2) is 4.79 Å². The highest BCUT2D eigenvalue weighted by Crippen LogP contribution is 1.85. The number of nitrogens with one attached hydrogen (secondary N) is 1. The van der Waals surface area contributed by atoms with Crippen LogP contribution in [0.15, 0.2) is 0 Å². The topological polar surface area (TPSA) is 93.7 Å². The third kappa shape index (κ3) is 17.1. The number of amides is 1. The molecule has 0 fully saturated rings. The molecule has 9 nitrogen and oxygen atoms in total. The number of methoxy groups -OCH3 is 1. The Morgan fingerprint density at radius 3 is 1.55 bits per heavy atom. The molecule has 0 bridgehead atoms. The fraction of sp³-hybridized carbons (Fsp3) is 0.923. The van der Waals surface area contributed by atoms with Crippen molar-refractivity contribution in [2.24, 2.45) is 0 Å². The van der Waals surface area contributed by atoms with Crippen molar-refractivity contribution in [3.05, 3.63) is 0 Å². The summed E-state index contributed by atoms with van der Waals surface area (Å²) in [6, 6.07) is 0. The van der Waals surface area contributed by atoms with Crippen molar-refractivity contribution in [2.75, 3.05) is 80.2 Å². The van der Waals surface area contributed by atoms with Crippen molar-refractivity contribution in [1.82, 2.24) is 5.32 Å². The summed E-state index contributed by atoms with van der Waals surface area (Å²) < 4.78 is 25.9. The number of carbonyl (C=O) groups is 1.